The summed E-state index contributed by atoms with van der Waals surface area (Å²) in [4.78, 5) is 31.9. The van der Waals surface area contributed by atoms with Crippen molar-refractivity contribution in [1.29, 1.82) is 0 Å². The van der Waals surface area contributed by atoms with Gasteiger partial charge in [-0.15, -0.1) is 0 Å². The first-order valence-electron chi connectivity index (χ1n) is 12.0. The number of anilines is 1. The van der Waals surface area contributed by atoms with Gasteiger partial charge in [0.1, 0.15) is 17.5 Å². The number of benzene rings is 1. The molecule has 186 valence electrons. The molecule has 7 nitrogen and oxygen atoms in total. The minimum absolute atomic E-state index is 0.103. The first-order chi connectivity index (χ1) is 17.3. The van der Waals surface area contributed by atoms with E-state index in [1.54, 1.807) is 30.5 Å². The normalized spacial score (nSPS) is 16.8. The fourth-order valence-electron chi connectivity index (χ4n) is 4.86. The van der Waals surface area contributed by atoms with Gasteiger partial charge < -0.3 is 9.80 Å². The van der Waals surface area contributed by atoms with Crippen molar-refractivity contribution < 1.29 is 4.39 Å². The maximum Gasteiger partial charge on any atom is 0.357 e. The van der Waals surface area contributed by atoms with Gasteiger partial charge in [-0.05, 0) is 49.7 Å². The summed E-state index contributed by atoms with van der Waals surface area (Å²) in [5.41, 5.74) is 1.27. The fourth-order valence-corrected chi connectivity index (χ4v) is 5.11. The van der Waals surface area contributed by atoms with Gasteiger partial charge in [0.25, 0.3) is 0 Å². The van der Waals surface area contributed by atoms with Gasteiger partial charge in [0.05, 0.1) is 16.1 Å². The molecule has 1 saturated heterocycles. The van der Waals surface area contributed by atoms with Gasteiger partial charge in [-0.25, -0.2) is 23.7 Å². The molecule has 5 rings (SSSR count). The lowest BCUT2D eigenvalue weighted by atomic mass is 10.0. The maximum absolute atomic E-state index is 14.8. The maximum atomic E-state index is 14.8. The van der Waals surface area contributed by atoms with Gasteiger partial charge in [0.15, 0.2) is 5.65 Å². The number of piperazine rings is 1. The molecule has 1 aliphatic rings. The van der Waals surface area contributed by atoms with E-state index in [1.165, 1.54) is 10.6 Å². The Bertz CT molecular complexity index is 1500. The van der Waals surface area contributed by atoms with Gasteiger partial charge in [0, 0.05) is 37.4 Å². The zero-order valence-electron chi connectivity index (χ0n) is 20.7. The Kier molecular flexibility index (Phi) is 6.49. The molecule has 1 atom stereocenters. The van der Waals surface area contributed by atoms with Crippen molar-refractivity contribution in [2.24, 2.45) is 0 Å². The Hall–Kier alpha value is -3.36. The number of aromatic nitrogens is 4. The Labute approximate surface area is 214 Å². The molecule has 36 heavy (non-hydrogen) atoms. The second kappa shape index (κ2) is 9.59. The molecule has 0 radical (unpaired) electrons. The highest BCUT2D eigenvalue weighted by molar-refractivity contribution is 6.33. The number of hydrogen-bond donors (Lipinski definition) is 0. The molecule has 0 aliphatic carbocycles. The molecule has 0 saturated carbocycles. The van der Waals surface area contributed by atoms with Crippen LogP contribution in [-0.2, 0) is 0 Å². The van der Waals surface area contributed by atoms with Crippen molar-refractivity contribution in [3.63, 3.8) is 0 Å². The summed E-state index contributed by atoms with van der Waals surface area (Å²) < 4.78 is 16.2. The van der Waals surface area contributed by atoms with Crippen LogP contribution >= 0.6 is 11.6 Å². The summed E-state index contributed by atoms with van der Waals surface area (Å²) in [6.07, 6.45) is 1.64. The van der Waals surface area contributed by atoms with Crippen molar-refractivity contribution in [3.8, 4) is 17.1 Å². The predicted molar refractivity (Wildman–Crippen MR) is 142 cm³/mol. The number of halogens is 2. The molecule has 0 bridgehead atoms. The molecule has 4 heterocycles. The molecule has 1 fully saturated rings. The third-order valence-corrected chi connectivity index (χ3v) is 6.97. The molecule has 1 aromatic carbocycles. The van der Waals surface area contributed by atoms with E-state index < -0.39 is 11.5 Å². The summed E-state index contributed by atoms with van der Waals surface area (Å²) in [5, 5.41) is 0.907. The van der Waals surface area contributed by atoms with Gasteiger partial charge >= 0.3 is 5.69 Å². The van der Waals surface area contributed by atoms with E-state index in [0.717, 1.165) is 18.7 Å². The zero-order valence-corrected chi connectivity index (χ0v) is 21.5. The largest absolute Gasteiger partial charge is 0.357 e. The van der Waals surface area contributed by atoms with E-state index >= 15 is 0 Å². The summed E-state index contributed by atoms with van der Waals surface area (Å²) in [6, 6.07) is 12.0. The lowest BCUT2D eigenvalue weighted by Crippen LogP contribution is -2.51. The number of nitrogens with zero attached hydrogens (tertiary/aromatic N) is 6. The van der Waals surface area contributed by atoms with Crippen LogP contribution in [0.1, 0.15) is 32.3 Å². The van der Waals surface area contributed by atoms with Crippen LogP contribution in [-0.4, -0.2) is 57.1 Å². The van der Waals surface area contributed by atoms with Crippen molar-refractivity contribution in [2.75, 3.05) is 31.6 Å². The molecular weight excluding hydrogens is 479 g/mol. The first kappa shape index (κ1) is 24.3. The van der Waals surface area contributed by atoms with Crippen molar-refractivity contribution in [3.05, 3.63) is 75.5 Å². The summed E-state index contributed by atoms with van der Waals surface area (Å²) in [5.74, 6) is 0.653. The number of pyridine rings is 2. The van der Waals surface area contributed by atoms with Gasteiger partial charge in [-0.2, -0.15) is 4.98 Å². The van der Waals surface area contributed by atoms with Crippen molar-refractivity contribution >= 4 is 28.5 Å². The van der Waals surface area contributed by atoms with E-state index in [2.05, 4.69) is 33.7 Å². The smallest absolute Gasteiger partial charge is 0.351 e. The lowest BCUT2D eigenvalue weighted by molar-refractivity contribution is 0.275. The summed E-state index contributed by atoms with van der Waals surface area (Å²) >= 11 is 6.71. The third-order valence-electron chi connectivity index (χ3n) is 6.68. The van der Waals surface area contributed by atoms with Crippen LogP contribution < -0.4 is 10.6 Å². The minimum Gasteiger partial charge on any atom is -0.351 e. The summed E-state index contributed by atoms with van der Waals surface area (Å²) in [6.45, 7) is 8.55. The fraction of sp³-hybridized carbons (Fsp3) is 0.333. The standard InChI is InChI=1S/C27H28ClFN6O/c1-16(2)18-9-7-11-30-24(18)35-26-20(14-21(28)23(31-26)19-8-5-6-10-22(19)29)25(32-27(35)36)34-13-12-33(4)15-17(34)3/h5-11,14,16-17H,12-13,15H2,1-4H3. The average molecular weight is 507 g/mol. The van der Waals surface area contributed by atoms with E-state index in [1.807, 2.05) is 26.0 Å². The molecule has 3 aromatic heterocycles. The van der Waals surface area contributed by atoms with Crippen LogP contribution in [0.25, 0.3) is 28.1 Å². The molecular formula is C27H28ClFN6O. The highest BCUT2D eigenvalue weighted by Crippen LogP contribution is 2.35. The molecule has 9 heteroatoms. The first-order valence-corrected chi connectivity index (χ1v) is 12.4. The Morgan fingerprint density at radius 2 is 1.86 bits per heavy atom. The van der Waals surface area contributed by atoms with Gasteiger partial charge in [0.2, 0.25) is 0 Å². The SMILES string of the molecule is CC(C)c1cccnc1-n1c(=O)nc(N2CCN(C)CC2C)c2cc(Cl)c(-c3ccccc3F)nc21. The van der Waals surface area contributed by atoms with E-state index in [9.17, 15) is 9.18 Å². The van der Waals surface area contributed by atoms with Crippen LogP contribution in [0.4, 0.5) is 10.2 Å². The molecule has 1 unspecified atom stereocenters. The molecule has 1 aliphatic heterocycles. The highest BCUT2D eigenvalue weighted by atomic mass is 35.5. The second-order valence-corrected chi connectivity index (χ2v) is 10.0. The average Bonchev–Trinajstić information content (AvgIpc) is 2.84. The Morgan fingerprint density at radius 1 is 1.08 bits per heavy atom. The number of fused-ring (bicyclic) bond motifs is 1. The van der Waals surface area contributed by atoms with Crippen LogP contribution in [0.5, 0.6) is 0 Å². The Balaban J connectivity index is 1.86. The second-order valence-electron chi connectivity index (χ2n) is 9.60. The summed E-state index contributed by atoms with van der Waals surface area (Å²) in [7, 11) is 2.07. The minimum atomic E-state index is -0.487. The monoisotopic (exact) mass is 506 g/mol. The molecule has 0 spiro atoms. The van der Waals surface area contributed by atoms with Crippen molar-refractivity contribution in [2.45, 2.75) is 32.7 Å². The number of rotatable bonds is 4. The number of likely N-dealkylation sites (N-methyl/N-ethyl adjacent to an activating group) is 1. The quantitative estimate of drug-likeness (QED) is 0.392. The van der Waals surface area contributed by atoms with E-state index in [0.29, 0.717) is 29.2 Å². The van der Waals surface area contributed by atoms with E-state index in [4.69, 9.17) is 16.6 Å². The van der Waals surface area contributed by atoms with Crippen LogP contribution in [0.3, 0.4) is 0 Å². The van der Waals surface area contributed by atoms with Crippen LogP contribution in [0.2, 0.25) is 5.02 Å². The predicted octanol–water partition coefficient (Wildman–Crippen LogP) is 4.90. The van der Waals surface area contributed by atoms with Gasteiger partial charge in [-0.1, -0.05) is 43.6 Å². The molecule has 0 amide bonds. The van der Waals surface area contributed by atoms with Crippen LogP contribution in [0, 0.1) is 5.82 Å². The van der Waals surface area contributed by atoms with E-state index in [-0.39, 0.29) is 28.2 Å². The molecule has 4 aromatic rings. The van der Waals surface area contributed by atoms with Crippen LogP contribution in [0.15, 0.2) is 53.5 Å². The van der Waals surface area contributed by atoms with Crippen molar-refractivity contribution in [1.82, 2.24) is 24.4 Å². The Morgan fingerprint density at radius 3 is 2.58 bits per heavy atom. The topological polar surface area (TPSA) is 67.2 Å². The van der Waals surface area contributed by atoms with Gasteiger partial charge in [-0.3, -0.25) is 0 Å². The number of hydrogen-bond acceptors (Lipinski definition) is 6. The third kappa shape index (κ3) is 4.24. The zero-order chi connectivity index (χ0) is 25.6. The lowest BCUT2D eigenvalue weighted by Gasteiger charge is -2.39. The highest BCUT2D eigenvalue weighted by Gasteiger charge is 2.28. The molecule has 0 N–H and O–H groups in total.